The van der Waals surface area contributed by atoms with Crippen LogP contribution in [0.5, 0.6) is 0 Å². The number of hydrogen-bond donors (Lipinski definition) is 1. The number of aliphatic hydroxyl groups excluding tert-OH is 1. The summed E-state index contributed by atoms with van der Waals surface area (Å²) in [4.78, 5) is 2.12. The topological polar surface area (TPSA) is 23.5 Å². The molecule has 0 amide bonds. The van der Waals surface area contributed by atoms with E-state index >= 15 is 0 Å². The number of anilines is 1. The average Bonchev–Trinajstić information content (AvgIpc) is 2.41. The summed E-state index contributed by atoms with van der Waals surface area (Å²) in [7, 11) is 2.02. The normalized spacial score (nSPS) is 12.2. The number of benzene rings is 2. The molecule has 20 heavy (non-hydrogen) atoms. The van der Waals surface area contributed by atoms with Gasteiger partial charge in [0.05, 0.1) is 11.8 Å². The first-order chi connectivity index (χ1) is 9.49. The molecular weight excluding hydrogens is 338 g/mol. The molecule has 2 aromatic carbocycles. The fraction of sp³-hybridized carbons (Fsp3) is 0.250. The maximum absolute atomic E-state index is 9.60. The molecule has 0 heterocycles. The number of aliphatic hydroxyl groups is 1. The first-order valence-corrected chi connectivity index (χ1v) is 7.58. The van der Waals surface area contributed by atoms with Crippen LogP contribution >= 0.6 is 27.5 Å². The van der Waals surface area contributed by atoms with E-state index in [1.807, 2.05) is 49.5 Å². The van der Waals surface area contributed by atoms with Crippen LogP contribution in [0.3, 0.4) is 0 Å². The quantitative estimate of drug-likeness (QED) is 0.853. The SMILES string of the molecule is C[C@@H](O)c1ccc(N(C)Cc2ccccc2Cl)c(Br)c1. The fourth-order valence-electron chi connectivity index (χ4n) is 2.06. The molecular formula is C16H17BrClNO. The van der Waals surface area contributed by atoms with Gasteiger partial charge in [0.25, 0.3) is 0 Å². The zero-order valence-electron chi connectivity index (χ0n) is 11.5. The summed E-state index contributed by atoms with van der Waals surface area (Å²) in [6, 6.07) is 13.7. The van der Waals surface area contributed by atoms with E-state index in [4.69, 9.17) is 11.6 Å². The van der Waals surface area contributed by atoms with E-state index in [2.05, 4.69) is 20.8 Å². The highest BCUT2D eigenvalue weighted by atomic mass is 79.9. The van der Waals surface area contributed by atoms with Crippen molar-refractivity contribution < 1.29 is 5.11 Å². The van der Waals surface area contributed by atoms with E-state index in [0.717, 1.165) is 32.9 Å². The maximum atomic E-state index is 9.60. The average molecular weight is 355 g/mol. The molecule has 106 valence electrons. The predicted octanol–water partition coefficient (Wildman–Crippen LogP) is 4.79. The Morgan fingerprint density at radius 2 is 1.95 bits per heavy atom. The van der Waals surface area contributed by atoms with E-state index in [-0.39, 0.29) is 0 Å². The molecule has 0 radical (unpaired) electrons. The van der Waals surface area contributed by atoms with Crippen molar-refractivity contribution in [2.75, 3.05) is 11.9 Å². The van der Waals surface area contributed by atoms with Gasteiger partial charge in [0.15, 0.2) is 0 Å². The molecule has 1 atom stereocenters. The third kappa shape index (κ3) is 3.54. The molecule has 4 heteroatoms. The minimum Gasteiger partial charge on any atom is -0.389 e. The second-order valence-corrected chi connectivity index (χ2v) is 6.10. The highest BCUT2D eigenvalue weighted by Crippen LogP contribution is 2.30. The molecule has 0 aliphatic carbocycles. The zero-order valence-corrected chi connectivity index (χ0v) is 13.8. The lowest BCUT2D eigenvalue weighted by Gasteiger charge is -2.22. The molecule has 0 aliphatic rings. The van der Waals surface area contributed by atoms with Gasteiger partial charge < -0.3 is 10.0 Å². The van der Waals surface area contributed by atoms with E-state index in [1.54, 1.807) is 6.92 Å². The Hall–Kier alpha value is -1.03. The summed E-state index contributed by atoms with van der Waals surface area (Å²) in [5.41, 5.74) is 3.05. The van der Waals surface area contributed by atoms with E-state index in [1.165, 1.54) is 0 Å². The Balaban J connectivity index is 2.21. The lowest BCUT2D eigenvalue weighted by Crippen LogP contribution is -2.17. The summed E-state index contributed by atoms with van der Waals surface area (Å²) >= 11 is 9.75. The summed E-state index contributed by atoms with van der Waals surface area (Å²) in [6.07, 6.45) is -0.464. The van der Waals surface area contributed by atoms with Crippen molar-refractivity contribution in [1.29, 1.82) is 0 Å². The molecule has 0 aromatic heterocycles. The smallest absolute Gasteiger partial charge is 0.0762 e. The van der Waals surface area contributed by atoms with Gasteiger partial charge in [-0.1, -0.05) is 35.9 Å². The zero-order chi connectivity index (χ0) is 14.7. The molecule has 2 aromatic rings. The largest absolute Gasteiger partial charge is 0.389 e. The van der Waals surface area contributed by atoms with Gasteiger partial charge in [0.2, 0.25) is 0 Å². The van der Waals surface area contributed by atoms with Crippen LogP contribution in [-0.2, 0) is 6.54 Å². The van der Waals surface area contributed by atoms with Crippen molar-refractivity contribution in [3.8, 4) is 0 Å². The van der Waals surface area contributed by atoms with Gasteiger partial charge in [-0.05, 0) is 52.2 Å². The van der Waals surface area contributed by atoms with Gasteiger partial charge in [-0.3, -0.25) is 0 Å². The van der Waals surface area contributed by atoms with Gasteiger partial charge in [-0.15, -0.1) is 0 Å². The molecule has 2 nitrogen and oxygen atoms in total. The van der Waals surface area contributed by atoms with Crippen molar-refractivity contribution in [3.63, 3.8) is 0 Å². The number of nitrogens with zero attached hydrogens (tertiary/aromatic N) is 1. The minimum absolute atomic E-state index is 0.464. The first kappa shape index (κ1) is 15.4. The fourth-order valence-corrected chi connectivity index (χ4v) is 2.95. The molecule has 0 aliphatic heterocycles. The van der Waals surface area contributed by atoms with Crippen LogP contribution in [0.2, 0.25) is 5.02 Å². The highest BCUT2D eigenvalue weighted by molar-refractivity contribution is 9.10. The van der Waals surface area contributed by atoms with Crippen LogP contribution in [-0.4, -0.2) is 12.2 Å². The molecule has 0 bridgehead atoms. The molecule has 2 rings (SSSR count). The van der Waals surface area contributed by atoms with Crippen LogP contribution in [0.15, 0.2) is 46.9 Å². The molecule has 0 fully saturated rings. The second-order valence-electron chi connectivity index (χ2n) is 4.83. The lowest BCUT2D eigenvalue weighted by atomic mass is 10.1. The summed E-state index contributed by atoms with van der Waals surface area (Å²) in [5, 5.41) is 10.4. The molecule has 0 spiro atoms. The maximum Gasteiger partial charge on any atom is 0.0762 e. The molecule has 0 saturated carbocycles. The Morgan fingerprint density at radius 3 is 2.55 bits per heavy atom. The van der Waals surface area contributed by atoms with E-state index < -0.39 is 6.10 Å². The minimum atomic E-state index is -0.464. The van der Waals surface area contributed by atoms with Crippen molar-refractivity contribution in [1.82, 2.24) is 0 Å². The van der Waals surface area contributed by atoms with Crippen LogP contribution in [0.25, 0.3) is 0 Å². The summed E-state index contributed by atoms with van der Waals surface area (Å²) in [6.45, 7) is 2.49. The van der Waals surface area contributed by atoms with Crippen LogP contribution in [0.4, 0.5) is 5.69 Å². The van der Waals surface area contributed by atoms with Crippen LogP contribution < -0.4 is 4.90 Å². The highest BCUT2D eigenvalue weighted by Gasteiger charge is 2.10. The summed E-state index contributed by atoms with van der Waals surface area (Å²) < 4.78 is 0.963. The van der Waals surface area contributed by atoms with Gasteiger partial charge in [0.1, 0.15) is 0 Å². The molecule has 1 N–H and O–H groups in total. The van der Waals surface area contributed by atoms with Gasteiger partial charge in [0, 0.05) is 23.1 Å². The van der Waals surface area contributed by atoms with Crippen LogP contribution in [0.1, 0.15) is 24.2 Å². The third-order valence-corrected chi connectivity index (χ3v) is 4.23. The molecule has 0 unspecified atom stereocenters. The first-order valence-electron chi connectivity index (χ1n) is 6.41. The summed E-state index contributed by atoms with van der Waals surface area (Å²) in [5.74, 6) is 0. The Morgan fingerprint density at radius 1 is 1.25 bits per heavy atom. The van der Waals surface area contributed by atoms with Crippen molar-refractivity contribution in [2.45, 2.75) is 19.6 Å². The van der Waals surface area contributed by atoms with Crippen LogP contribution in [0, 0.1) is 0 Å². The van der Waals surface area contributed by atoms with Gasteiger partial charge >= 0.3 is 0 Å². The van der Waals surface area contributed by atoms with Gasteiger partial charge in [-0.25, -0.2) is 0 Å². The Bertz CT molecular complexity index is 601. The predicted molar refractivity (Wildman–Crippen MR) is 88.3 cm³/mol. The number of hydrogen-bond acceptors (Lipinski definition) is 2. The number of rotatable bonds is 4. The van der Waals surface area contributed by atoms with Crippen molar-refractivity contribution in [2.24, 2.45) is 0 Å². The Labute approximate surface area is 133 Å². The van der Waals surface area contributed by atoms with Gasteiger partial charge in [-0.2, -0.15) is 0 Å². The second kappa shape index (κ2) is 6.61. The number of halogens is 2. The monoisotopic (exact) mass is 353 g/mol. The standard InChI is InChI=1S/C16H17BrClNO/c1-11(20)12-7-8-16(14(17)9-12)19(2)10-13-5-3-4-6-15(13)18/h3-9,11,20H,10H2,1-2H3/t11-/m1/s1. The lowest BCUT2D eigenvalue weighted by molar-refractivity contribution is 0.199. The van der Waals surface area contributed by atoms with E-state index in [9.17, 15) is 5.11 Å². The third-order valence-electron chi connectivity index (χ3n) is 3.23. The van der Waals surface area contributed by atoms with E-state index in [0.29, 0.717) is 0 Å². The van der Waals surface area contributed by atoms with Crippen molar-refractivity contribution in [3.05, 3.63) is 63.1 Å². The molecule has 0 saturated heterocycles. The Kier molecular flexibility index (Phi) is 5.08. The van der Waals surface area contributed by atoms with Crippen molar-refractivity contribution >= 4 is 33.2 Å².